The summed E-state index contributed by atoms with van der Waals surface area (Å²) < 4.78 is 86.3. The van der Waals surface area contributed by atoms with Gasteiger partial charge >= 0.3 is 12.4 Å². The summed E-state index contributed by atoms with van der Waals surface area (Å²) in [5.41, 5.74) is 6.57. The highest BCUT2D eigenvalue weighted by atomic mass is 35.5. The number of hydrogen-bond acceptors (Lipinski definition) is 10. The zero-order valence-electron chi connectivity index (χ0n) is 29.8. The molecule has 284 valence electrons. The molecule has 19 heteroatoms. The van der Waals surface area contributed by atoms with Crippen LogP contribution in [0.25, 0.3) is 22.5 Å². The molecule has 2 unspecified atom stereocenters. The normalized spacial score (nSPS) is 13.0. The van der Waals surface area contributed by atoms with Gasteiger partial charge in [0.25, 0.3) is 0 Å². The van der Waals surface area contributed by atoms with Crippen LogP contribution in [0.3, 0.4) is 0 Å². The van der Waals surface area contributed by atoms with Crippen molar-refractivity contribution in [3.8, 4) is 28.4 Å². The molecule has 5 rings (SSSR count). The van der Waals surface area contributed by atoms with Gasteiger partial charge in [-0.2, -0.15) is 46.7 Å². The Morgan fingerprint density at radius 1 is 0.830 bits per heavy atom. The Morgan fingerprint density at radius 3 is 1.77 bits per heavy atom. The molecular formula is C34H37ClF6N10O2. The molecule has 0 saturated carbocycles. The molecule has 2 N–H and O–H groups in total. The van der Waals surface area contributed by atoms with Gasteiger partial charge in [0, 0.05) is 57.4 Å². The van der Waals surface area contributed by atoms with E-state index in [0.717, 1.165) is 9.36 Å². The number of ketones is 1. The Bertz CT molecular complexity index is 2080. The summed E-state index contributed by atoms with van der Waals surface area (Å²) in [5, 5.41) is 23.1. The highest BCUT2D eigenvalue weighted by molar-refractivity contribution is 6.29. The lowest BCUT2D eigenvalue weighted by Gasteiger charge is -2.13. The van der Waals surface area contributed by atoms with Gasteiger partial charge in [0.2, 0.25) is 5.88 Å². The summed E-state index contributed by atoms with van der Waals surface area (Å²) >= 11 is 6.00. The van der Waals surface area contributed by atoms with E-state index in [-0.39, 0.29) is 58.3 Å². The van der Waals surface area contributed by atoms with E-state index in [1.54, 1.807) is 45.0 Å². The van der Waals surface area contributed by atoms with Crippen LogP contribution in [-0.2, 0) is 37.7 Å². The zero-order valence-corrected chi connectivity index (χ0v) is 30.6. The first-order valence-corrected chi connectivity index (χ1v) is 16.5. The topological polar surface area (TPSA) is 152 Å². The zero-order chi connectivity index (χ0) is 39.4. The quantitative estimate of drug-likeness (QED) is 0.114. The van der Waals surface area contributed by atoms with Crippen LogP contribution in [0, 0.1) is 13.8 Å². The number of pyridine rings is 1. The first-order chi connectivity index (χ1) is 24.7. The van der Waals surface area contributed by atoms with Crippen molar-refractivity contribution in [2.75, 3.05) is 6.61 Å². The standard InChI is InChI=1S/C22H23ClF3N5O2.C12H14F3N5/c1-5-33-19-10-14(9-18(23)27-19)8-15(32)6-12(2)17-7-13(3)20(29-28-17)16-11-31(4)30-21(16)22(24,25)26;1-6-4-9(7(2)16)17-18-10(6)8-5-20(3)19-11(8)12(13,14)15/h7,9-12H,5-6,8H2,1-4H3;4-5,7H,16H2,1-3H3. The fraction of sp³-hybridized carbons (Fsp3) is 0.412. The average Bonchev–Trinajstić information content (AvgIpc) is 3.63. The molecule has 0 spiro atoms. The Balaban J connectivity index is 0.000000267. The van der Waals surface area contributed by atoms with Crippen LogP contribution in [0.2, 0.25) is 5.15 Å². The molecule has 53 heavy (non-hydrogen) atoms. The number of nitrogens with zero attached hydrogens (tertiary/aromatic N) is 9. The van der Waals surface area contributed by atoms with Crippen LogP contribution in [0.15, 0.2) is 36.7 Å². The number of halogens is 7. The van der Waals surface area contributed by atoms with Gasteiger partial charge in [-0.15, -0.1) is 10.2 Å². The van der Waals surface area contributed by atoms with Gasteiger partial charge in [0.05, 0.1) is 40.5 Å². The lowest BCUT2D eigenvalue weighted by molar-refractivity contribution is -0.141. The smallest absolute Gasteiger partial charge is 0.435 e. The predicted octanol–water partition coefficient (Wildman–Crippen LogP) is 7.18. The second kappa shape index (κ2) is 16.4. The maximum Gasteiger partial charge on any atom is 0.435 e. The third kappa shape index (κ3) is 10.3. The van der Waals surface area contributed by atoms with E-state index in [4.69, 9.17) is 22.1 Å². The first kappa shape index (κ1) is 40.8. The summed E-state index contributed by atoms with van der Waals surface area (Å²) in [5.74, 6) is 0.0197. The molecule has 0 fully saturated rings. The molecule has 12 nitrogen and oxygen atoms in total. The molecule has 0 bridgehead atoms. The van der Waals surface area contributed by atoms with Crippen molar-refractivity contribution in [1.29, 1.82) is 0 Å². The Hall–Kier alpha value is -4.97. The monoisotopic (exact) mass is 766 g/mol. The van der Waals surface area contributed by atoms with E-state index in [1.807, 2.05) is 13.8 Å². The number of aryl methyl sites for hydroxylation is 4. The molecule has 0 saturated heterocycles. The summed E-state index contributed by atoms with van der Waals surface area (Å²) in [4.78, 5) is 16.7. The van der Waals surface area contributed by atoms with Gasteiger partial charge in [-0.25, -0.2) is 4.98 Å². The fourth-order valence-corrected chi connectivity index (χ4v) is 5.57. The van der Waals surface area contributed by atoms with Gasteiger partial charge < -0.3 is 10.5 Å². The summed E-state index contributed by atoms with van der Waals surface area (Å²) in [6.45, 7) is 9.12. The number of nitrogens with two attached hydrogens (primary N) is 1. The summed E-state index contributed by atoms with van der Waals surface area (Å²) in [7, 11) is 2.84. The van der Waals surface area contributed by atoms with Crippen LogP contribution in [-0.4, -0.2) is 57.3 Å². The lowest BCUT2D eigenvalue weighted by atomic mass is 9.96. The van der Waals surface area contributed by atoms with Gasteiger partial charge in [-0.3, -0.25) is 14.2 Å². The highest BCUT2D eigenvalue weighted by Crippen LogP contribution is 2.37. The molecule has 5 aromatic rings. The van der Waals surface area contributed by atoms with Crippen molar-refractivity contribution in [2.45, 2.75) is 71.8 Å². The molecule has 0 radical (unpaired) electrons. The molecule has 0 amide bonds. The van der Waals surface area contributed by atoms with Crippen LogP contribution in [0.5, 0.6) is 5.88 Å². The molecule has 0 aliphatic heterocycles. The number of carbonyl (C=O) groups is 1. The molecule has 5 heterocycles. The molecule has 0 aliphatic carbocycles. The Labute approximate surface area is 305 Å². The number of rotatable bonds is 10. The van der Waals surface area contributed by atoms with Crippen molar-refractivity contribution in [1.82, 2.24) is 44.9 Å². The molecule has 2 atom stereocenters. The van der Waals surface area contributed by atoms with E-state index < -0.39 is 23.7 Å². The van der Waals surface area contributed by atoms with Crippen LogP contribution in [0.4, 0.5) is 26.3 Å². The van der Waals surface area contributed by atoms with Gasteiger partial charge in [0.1, 0.15) is 10.9 Å². The minimum absolute atomic E-state index is 0.0534. The Kier molecular flexibility index (Phi) is 12.6. The average molecular weight is 767 g/mol. The number of alkyl halides is 6. The van der Waals surface area contributed by atoms with Crippen LogP contribution < -0.4 is 10.5 Å². The van der Waals surface area contributed by atoms with Crippen molar-refractivity contribution in [3.63, 3.8) is 0 Å². The number of Topliss-reactive ketones (excluding diaryl/α,β-unsaturated/α-hetero) is 1. The maximum absolute atomic E-state index is 13.3. The van der Waals surface area contributed by atoms with Gasteiger partial charge in [-0.1, -0.05) is 18.5 Å². The predicted molar refractivity (Wildman–Crippen MR) is 183 cm³/mol. The van der Waals surface area contributed by atoms with Crippen molar-refractivity contribution in [3.05, 3.63) is 81.3 Å². The van der Waals surface area contributed by atoms with E-state index in [0.29, 0.717) is 40.6 Å². The third-order valence-corrected chi connectivity index (χ3v) is 7.93. The van der Waals surface area contributed by atoms with E-state index in [9.17, 15) is 31.1 Å². The molecule has 0 aromatic carbocycles. The number of aromatic nitrogens is 9. The number of ether oxygens (including phenoxy) is 1. The minimum atomic E-state index is -4.61. The largest absolute Gasteiger partial charge is 0.478 e. The van der Waals surface area contributed by atoms with Crippen molar-refractivity contribution < 1.29 is 35.9 Å². The van der Waals surface area contributed by atoms with Gasteiger partial charge in [-0.05, 0) is 62.6 Å². The number of carbonyl (C=O) groups excluding carboxylic acids is 1. The van der Waals surface area contributed by atoms with E-state index in [1.165, 1.54) is 26.5 Å². The van der Waals surface area contributed by atoms with E-state index >= 15 is 0 Å². The first-order valence-electron chi connectivity index (χ1n) is 16.1. The maximum atomic E-state index is 13.3. The molecular weight excluding hydrogens is 730 g/mol. The van der Waals surface area contributed by atoms with Crippen LogP contribution in [0.1, 0.15) is 78.6 Å². The SMILES string of the molecule is CCOc1cc(CC(=O)CC(C)c2cc(C)c(-c3cn(C)nc3C(F)(F)F)nn2)cc(Cl)n1.Cc1cc(C(C)N)nnc1-c1cn(C)nc1C(F)(F)F. The minimum Gasteiger partial charge on any atom is -0.478 e. The summed E-state index contributed by atoms with van der Waals surface area (Å²) in [6, 6.07) is 6.25. The Morgan fingerprint density at radius 2 is 1.32 bits per heavy atom. The van der Waals surface area contributed by atoms with E-state index in [2.05, 4.69) is 35.6 Å². The molecule has 0 aliphatic rings. The third-order valence-electron chi connectivity index (χ3n) is 7.74. The van der Waals surface area contributed by atoms with Crippen molar-refractivity contribution in [2.24, 2.45) is 19.8 Å². The van der Waals surface area contributed by atoms with Gasteiger partial charge in [0.15, 0.2) is 11.4 Å². The number of hydrogen-bond donors (Lipinski definition) is 1. The van der Waals surface area contributed by atoms with Crippen molar-refractivity contribution >= 4 is 17.4 Å². The second-order valence-corrected chi connectivity index (χ2v) is 12.8. The lowest BCUT2D eigenvalue weighted by Crippen LogP contribution is -2.11. The van der Waals surface area contributed by atoms with Crippen LogP contribution >= 0.6 is 11.6 Å². The second-order valence-electron chi connectivity index (χ2n) is 12.4. The molecule has 5 aromatic heterocycles. The highest BCUT2D eigenvalue weighted by Gasteiger charge is 2.39. The summed E-state index contributed by atoms with van der Waals surface area (Å²) in [6.07, 6.45) is -6.28. The fourth-order valence-electron chi connectivity index (χ4n) is 5.34.